The van der Waals surface area contributed by atoms with E-state index in [-0.39, 0.29) is 30.0 Å². The zero-order chi connectivity index (χ0) is 58.8. The molecule has 6 heterocycles. The van der Waals surface area contributed by atoms with Crippen molar-refractivity contribution in [3.8, 4) is 17.2 Å². The number of halogens is 5. The summed E-state index contributed by atoms with van der Waals surface area (Å²) < 4.78 is 92.6. The van der Waals surface area contributed by atoms with Crippen LogP contribution in [0.5, 0.6) is 17.2 Å². The van der Waals surface area contributed by atoms with E-state index in [2.05, 4.69) is 31.8 Å². The Bertz CT molecular complexity index is 4250. The minimum atomic E-state index is -2.39. The van der Waals surface area contributed by atoms with Crippen LogP contribution < -0.4 is 28.9 Å². The molecule has 7 aromatic carbocycles. The number of unbranched alkanes of at least 4 members (excludes halogenated alkanes) is 2. The molecule has 0 radical (unpaired) electrons. The molecule has 19 heteroatoms. The first-order valence-electron chi connectivity index (χ1n) is 27.9. The van der Waals surface area contributed by atoms with Crippen LogP contribution in [0.3, 0.4) is 0 Å². The molecule has 3 aromatic heterocycles. The minimum Gasteiger partial charge on any atom is -0.497 e. The maximum atomic E-state index is 14.4. The van der Waals surface area contributed by atoms with E-state index in [0.29, 0.717) is 90.9 Å². The second-order valence-corrected chi connectivity index (χ2v) is 21.3. The lowest BCUT2D eigenvalue weighted by molar-refractivity contribution is -0.118. The highest BCUT2D eigenvalue weighted by Crippen LogP contribution is 2.44. The Hall–Kier alpha value is -9.75. The van der Waals surface area contributed by atoms with Crippen LogP contribution in [0.1, 0.15) is 90.5 Å². The van der Waals surface area contributed by atoms with Gasteiger partial charge in [0.2, 0.25) is 40.7 Å². The smallest absolute Gasteiger partial charge is 0.360 e. The summed E-state index contributed by atoms with van der Waals surface area (Å²) in [5.41, 5.74) is 9.00. The first-order valence-corrected chi connectivity index (χ1v) is 27.9. The van der Waals surface area contributed by atoms with Gasteiger partial charge in [0, 0.05) is 82.4 Å². The largest absolute Gasteiger partial charge is 0.497 e. The summed E-state index contributed by atoms with van der Waals surface area (Å²) in [7, 11) is 3.29. The van der Waals surface area contributed by atoms with Crippen molar-refractivity contribution in [1.82, 2.24) is 15.0 Å². The Morgan fingerprint density at radius 3 is 1.39 bits per heavy atom. The van der Waals surface area contributed by atoms with E-state index in [4.69, 9.17) is 14.2 Å². The Kier molecular flexibility index (Phi) is 14.0. The number of hydrogen-bond donors (Lipinski definition) is 3. The van der Waals surface area contributed by atoms with E-state index in [1.807, 2.05) is 102 Å². The lowest BCUT2D eigenvalue weighted by Crippen LogP contribution is -2.33. The van der Waals surface area contributed by atoms with Crippen LogP contribution in [0, 0.1) is 29.1 Å². The van der Waals surface area contributed by atoms with Gasteiger partial charge in [-0.1, -0.05) is 61.0 Å². The molecular formula is C66H53F5N6O8. The monoisotopic (exact) mass is 1150 g/mol. The number of anilines is 3. The van der Waals surface area contributed by atoms with Crippen LogP contribution >= 0.6 is 0 Å². The molecule has 3 aliphatic rings. The highest BCUT2D eigenvalue weighted by atomic mass is 19.2. The van der Waals surface area contributed by atoms with Crippen molar-refractivity contribution in [2.75, 3.05) is 55.2 Å². The molecule has 0 atom stereocenters. The van der Waals surface area contributed by atoms with Crippen molar-refractivity contribution >= 4 is 73.5 Å². The highest BCUT2D eigenvalue weighted by molar-refractivity contribution is 6.14. The van der Waals surface area contributed by atoms with Crippen molar-refractivity contribution in [2.24, 2.45) is 0 Å². The van der Waals surface area contributed by atoms with E-state index >= 15 is 0 Å². The molecule has 85 heavy (non-hydrogen) atoms. The van der Waals surface area contributed by atoms with Crippen LogP contribution in [0.2, 0.25) is 0 Å². The fourth-order valence-electron chi connectivity index (χ4n) is 12.5. The van der Waals surface area contributed by atoms with Crippen LogP contribution in [-0.2, 0) is 34.4 Å². The van der Waals surface area contributed by atoms with Gasteiger partial charge in [-0.05, 0) is 144 Å². The minimum absolute atomic E-state index is 0.0439. The van der Waals surface area contributed by atoms with Crippen molar-refractivity contribution < 1.29 is 60.1 Å². The molecule has 0 bridgehead atoms. The molecule has 3 aliphatic heterocycles. The molecule has 14 nitrogen and oxygen atoms in total. The lowest BCUT2D eigenvalue weighted by atomic mass is 9.80. The van der Waals surface area contributed by atoms with Gasteiger partial charge in [0.25, 0.3) is 11.8 Å². The fraction of sp³-hybridized carbons (Fsp3) is 0.212. The second-order valence-electron chi connectivity index (χ2n) is 21.3. The molecular weight excluding hydrogens is 1100 g/mol. The number of amides is 3. The number of esters is 1. The summed E-state index contributed by atoms with van der Waals surface area (Å²) >= 11 is 0. The maximum absolute atomic E-state index is 14.4. The van der Waals surface area contributed by atoms with E-state index in [1.165, 1.54) is 6.07 Å². The number of nitrogens with zero attached hydrogens (tertiary/aromatic N) is 3. The summed E-state index contributed by atoms with van der Waals surface area (Å²) in [6.45, 7) is 1.66. The summed E-state index contributed by atoms with van der Waals surface area (Å²) in [6.07, 6.45) is 4.11. The number of carbonyl (C=O) groups excluding carboxylic acids is 4. The van der Waals surface area contributed by atoms with Gasteiger partial charge in [-0.3, -0.25) is 14.4 Å². The van der Waals surface area contributed by atoms with Crippen molar-refractivity contribution in [2.45, 2.75) is 50.5 Å². The van der Waals surface area contributed by atoms with Crippen LogP contribution in [0.25, 0.3) is 32.7 Å². The van der Waals surface area contributed by atoms with Gasteiger partial charge in [-0.2, -0.15) is 8.78 Å². The topological polar surface area (TPSA) is 162 Å². The van der Waals surface area contributed by atoms with Gasteiger partial charge in [0.05, 0.1) is 14.2 Å². The lowest BCUT2D eigenvalue weighted by Gasteiger charge is -2.36. The zero-order valence-electron chi connectivity index (χ0n) is 46.0. The van der Waals surface area contributed by atoms with E-state index in [9.17, 15) is 41.1 Å². The predicted octanol–water partition coefficient (Wildman–Crippen LogP) is 12.9. The normalized spacial score (nSPS) is 13.7. The van der Waals surface area contributed by atoms with Gasteiger partial charge >= 0.3 is 5.97 Å². The van der Waals surface area contributed by atoms with Crippen molar-refractivity contribution in [3.63, 3.8) is 0 Å². The Morgan fingerprint density at radius 1 is 0.482 bits per heavy atom. The number of rotatable bonds is 16. The zero-order valence-corrected chi connectivity index (χ0v) is 46.0. The average molecular weight is 1150 g/mol. The summed E-state index contributed by atoms with van der Waals surface area (Å²) in [5.74, 6) is -13.6. The molecule has 430 valence electrons. The number of benzene rings is 7. The first-order chi connectivity index (χ1) is 41.3. The number of aromatic nitrogens is 3. The van der Waals surface area contributed by atoms with E-state index in [0.717, 1.165) is 79.8 Å². The highest BCUT2D eigenvalue weighted by Gasteiger charge is 2.39. The molecule has 0 saturated carbocycles. The van der Waals surface area contributed by atoms with Gasteiger partial charge in [-0.15, -0.1) is 0 Å². The quantitative estimate of drug-likeness (QED) is 0.0164. The molecule has 13 rings (SSSR count). The van der Waals surface area contributed by atoms with Crippen LogP contribution in [0.4, 0.5) is 39.0 Å². The molecule has 10 aromatic rings. The summed E-state index contributed by atoms with van der Waals surface area (Å²) in [5, 5.41) is 2.18. The molecule has 3 amide bonds. The van der Waals surface area contributed by atoms with Crippen LogP contribution in [-0.4, -0.2) is 79.1 Å². The molecule has 0 fully saturated rings. The van der Waals surface area contributed by atoms with Gasteiger partial charge < -0.3 is 48.6 Å². The number of ether oxygens (including phenoxy) is 4. The predicted molar refractivity (Wildman–Crippen MR) is 310 cm³/mol. The molecule has 0 unspecified atom stereocenters. The molecule has 0 saturated heterocycles. The number of hydrogen-bond acceptors (Lipinski definition) is 8. The second kappa shape index (κ2) is 21.8. The van der Waals surface area contributed by atoms with Crippen molar-refractivity contribution in [3.05, 3.63) is 213 Å². The first kappa shape index (κ1) is 54.5. The van der Waals surface area contributed by atoms with Gasteiger partial charge in [0.1, 0.15) is 34.2 Å². The third kappa shape index (κ3) is 9.29. The molecule has 0 spiro atoms. The van der Waals surface area contributed by atoms with Gasteiger partial charge in [-0.25, -0.2) is 18.0 Å². The summed E-state index contributed by atoms with van der Waals surface area (Å²) in [6, 6.07) is 41.9. The Morgan fingerprint density at radius 2 is 0.906 bits per heavy atom. The third-order valence-electron chi connectivity index (χ3n) is 16.7. The standard InChI is InChI=1S/C66H53F5N6O8/c1-82-39-16-12-37(13-17-39)66(36-9-5-3-6-10-36,38-14-18-40(83-2)19-15-38)84-32-8-4-7-11-56(78)75-29-26-41-44-33-50(72-47(44)20-23-53(41)75)63(79)76-30-27-42-45-34-51(73-48(45)21-24-54(42)76)64(80)77-31-28-43-46-35-52(74-49(46)22-25-55(43)77)65(81)85-62-60(70)58(68)57(67)59(69)61(62)71/h3,5-6,9-10,12-25,33-35,72-74H,4,7-8,11,26-32H2,1-2H3. The molecule has 3 N–H and O–H groups in total. The number of methoxy groups -OCH3 is 2. The van der Waals surface area contributed by atoms with Crippen molar-refractivity contribution in [1.29, 1.82) is 0 Å². The Labute approximate surface area is 482 Å². The maximum Gasteiger partial charge on any atom is 0.360 e. The van der Waals surface area contributed by atoms with E-state index < -0.39 is 46.4 Å². The third-order valence-corrected chi connectivity index (χ3v) is 16.7. The average Bonchev–Trinajstić information content (AvgIpc) is 2.63. The van der Waals surface area contributed by atoms with E-state index in [1.54, 1.807) is 42.2 Å². The van der Waals surface area contributed by atoms with Gasteiger partial charge in [0.15, 0.2) is 0 Å². The SMILES string of the molecule is COc1ccc(C(OCCCCCC(=O)N2CCc3c2ccc2[nH]c(C(=O)N4CCc5c4ccc4[nH]c(C(=O)N6CCc7c6ccc6[nH]c(C(=O)Oc8c(F)c(F)c(F)c(F)c8F)cc76)cc54)cc32)(c2ccccc2)c2ccc(OC)cc2)cc1. The molecule has 0 aliphatic carbocycles. The number of nitrogens with one attached hydrogen (secondary N) is 3. The van der Waals surface area contributed by atoms with Crippen LogP contribution in [0.15, 0.2) is 133 Å². The number of carbonyl (C=O) groups is 4. The number of aromatic amines is 3. The Balaban J connectivity index is 0.658. The number of fused-ring (bicyclic) bond motifs is 9. The fourth-order valence-corrected chi connectivity index (χ4v) is 12.5. The number of H-pyrrole nitrogens is 3. The summed E-state index contributed by atoms with van der Waals surface area (Å²) in [4.78, 5) is 70.1.